The molecule has 6 heteroatoms. The standard InChI is InChI=1S/C12H2F2N4/c1-17-11(5-15)7-3-10(14)8(4-9(7)13)12(6-16)18-2/h3-4H. The Kier molecular flexibility index (Phi) is 3.72. The van der Waals surface area contributed by atoms with Crippen LogP contribution in [-0.4, -0.2) is 0 Å². The smallest absolute Gasteiger partial charge is 0.226 e. The summed E-state index contributed by atoms with van der Waals surface area (Å²) in [7, 11) is 0. The minimum Gasteiger partial charge on any atom is -0.226 e. The second-order valence-corrected chi connectivity index (χ2v) is 2.96. The van der Waals surface area contributed by atoms with Crippen LogP contribution in [0.3, 0.4) is 0 Å². The van der Waals surface area contributed by atoms with E-state index in [0.717, 1.165) is 0 Å². The first-order valence-electron chi connectivity index (χ1n) is 4.37. The number of nitrogens with zero attached hydrogens (tertiary/aromatic N) is 4. The normalized spacial score (nSPS) is 12.3. The lowest BCUT2D eigenvalue weighted by atomic mass is 10.2. The molecule has 0 spiro atoms. The second-order valence-electron chi connectivity index (χ2n) is 2.96. The number of benzene rings is 1. The summed E-state index contributed by atoms with van der Waals surface area (Å²) in [5, 5.41) is 16.2. The molecule has 0 bridgehead atoms. The molecule has 1 aromatic carbocycles. The van der Waals surface area contributed by atoms with E-state index in [0.29, 0.717) is 12.1 Å². The number of hydrogen-bond donors (Lipinski definition) is 0. The van der Waals surface area contributed by atoms with Crippen LogP contribution in [0.15, 0.2) is 12.1 Å². The molecule has 84 valence electrons. The third kappa shape index (κ3) is 2.14. The first-order valence-corrected chi connectivity index (χ1v) is 4.37. The summed E-state index contributed by atoms with van der Waals surface area (Å²) >= 11 is 0. The van der Waals surface area contributed by atoms with Crippen LogP contribution < -0.4 is 10.4 Å². The third-order valence-corrected chi connectivity index (χ3v) is 2.00. The van der Waals surface area contributed by atoms with Crippen LogP contribution in [0.1, 0.15) is 0 Å². The third-order valence-electron chi connectivity index (χ3n) is 2.00. The van der Waals surface area contributed by atoms with Gasteiger partial charge in [-0.3, -0.25) is 0 Å². The van der Waals surface area contributed by atoms with Gasteiger partial charge in [-0.15, -0.1) is 0 Å². The molecule has 0 aliphatic carbocycles. The molecule has 0 aliphatic heterocycles. The van der Waals surface area contributed by atoms with Gasteiger partial charge < -0.3 is 0 Å². The van der Waals surface area contributed by atoms with Gasteiger partial charge in [0, 0.05) is 10.4 Å². The molecule has 0 N–H and O–H groups in total. The summed E-state index contributed by atoms with van der Waals surface area (Å²) in [6.07, 6.45) is 0. The van der Waals surface area contributed by atoms with Crippen LogP contribution in [0.2, 0.25) is 0 Å². The van der Waals surface area contributed by atoms with Gasteiger partial charge in [-0.1, -0.05) is 0 Å². The van der Waals surface area contributed by atoms with Crippen LogP contribution >= 0.6 is 0 Å². The molecule has 0 heterocycles. The molecule has 0 amide bonds. The number of hydrogen-bond acceptors (Lipinski definition) is 2. The zero-order chi connectivity index (χ0) is 13.7. The summed E-state index contributed by atoms with van der Waals surface area (Å²) in [6.45, 7) is 13.3. The summed E-state index contributed by atoms with van der Waals surface area (Å²) in [5.74, 6) is -2.06. The lowest BCUT2D eigenvalue weighted by molar-refractivity contribution is 0.585. The highest BCUT2D eigenvalue weighted by Crippen LogP contribution is 1.99. The van der Waals surface area contributed by atoms with Gasteiger partial charge in [0.05, 0.1) is 25.3 Å². The van der Waals surface area contributed by atoms with Crippen LogP contribution in [-0.2, 0) is 0 Å². The SMILES string of the molecule is [C-]#[N+]C(C#N)=c1cc(F)c(=C(C#N)[N+]#[C-])cc1F. The van der Waals surface area contributed by atoms with E-state index in [2.05, 4.69) is 9.69 Å². The zero-order valence-corrected chi connectivity index (χ0v) is 8.70. The maximum absolute atomic E-state index is 13.6. The first-order chi connectivity index (χ1) is 8.58. The second kappa shape index (κ2) is 5.21. The van der Waals surface area contributed by atoms with E-state index < -0.39 is 33.5 Å². The molecule has 0 fully saturated rings. The van der Waals surface area contributed by atoms with Gasteiger partial charge in [-0.05, 0) is 12.1 Å². The molecule has 18 heavy (non-hydrogen) atoms. The highest BCUT2D eigenvalue weighted by molar-refractivity contribution is 5.68. The molecular formula is C12H2F2N4. The number of halogens is 2. The van der Waals surface area contributed by atoms with Gasteiger partial charge in [0.2, 0.25) is 0 Å². The topological polar surface area (TPSA) is 56.3 Å². The van der Waals surface area contributed by atoms with Crippen molar-refractivity contribution >= 4 is 11.4 Å². The van der Waals surface area contributed by atoms with Gasteiger partial charge in [0.25, 0.3) is 11.4 Å². The molecule has 0 radical (unpaired) electrons. The van der Waals surface area contributed by atoms with E-state index in [1.165, 1.54) is 12.1 Å². The van der Waals surface area contributed by atoms with Crippen molar-refractivity contribution in [2.45, 2.75) is 0 Å². The van der Waals surface area contributed by atoms with E-state index in [-0.39, 0.29) is 0 Å². The van der Waals surface area contributed by atoms with Crippen molar-refractivity contribution in [1.82, 2.24) is 0 Å². The average Bonchev–Trinajstić information content (AvgIpc) is 2.37. The highest BCUT2D eigenvalue weighted by atomic mass is 19.1. The van der Waals surface area contributed by atoms with E-state index in [4.69, 9.17) is 23.7 Å². The zero-order valence-electron chi connectivity index (χ0n) is 8.70. The number of rotatable bonds is 0. The van der Waals surface area contributed by atoms with Crippen molar-refractivity contribution in [1.29, 1.82) is 10.5 Å². The number of nitriles is 2. The van der Waals surface area contributed by atoms with Crippen molar-refractivity contribution in [2.75, 3.05) is 0 Å². The summed E-state index contributed by atoms with van der Waals surface area (Å²) < 4.78 is 27.2. The van der Waals surface area contributed by atoms with Crippen molar-refractivity contribution in [3.63, 3.8) is 0 Å². The molecule has 0 aromatic heterocycles. The Bertz CT molecular complexity index is 693. The minimum absolute atomic E-state index is 0.490. The Morgan fingerprint density at radius 2 is 1.28 bits per heavy atom. The van der Waals surface area contributed by atoms with Gasteiger partial charge >= 0.3 is 0 Å². The van der Waals surface area contributed by atoms with Crippen molar-refractivity contribution in [3.8, 4) is 12.1 Å². The minimum atomic E-state index is -1.03. The lowest BCUT2D eigenvalue weighted by Crippen LogP contribution is -2.20. The summed E-state index contributed by atoms with van der Waals surface area (Å²) in [5.41, 5.74) is -1.20. The Labute approximate surface area is 101 Å². The Morgan fingerprint density at radius 1 is 0.944 bits per heavy atom. The van der Waals surface area contributed by atoms with Crippen molar-refractivity contribution in [3.05, 3.63) is 57.0 Å². The fraction of sp³-hybridized carbons (Fsp3) is 0. The van der Waals surface area contributed by atoms with Crippen LogP contribution in [0.25, 0.3) is 21.1 Å². The molecule has 4 nitrogen and oxygen atoms in total. The molecule has 1 rings (SSSR count). The van der Waals surface area contributed by atoms with E-state index in [1.807, 2.05) is 0 Å². The first kappa shape index (κ1) is 12.8. The van der Waals surface area contributed by atoms with Gasteiger partial charge in [-0.25, -0.2) is 29.0 Å². The predicted octanol–water partition coefficient (Wildman–Crippen LogP) is 1.07. The summed E-state index contributed by atoms with van der Waals surface area (Å²) in [6, 6.07) is 4.13. The van der Waals surface area contributed by atoms with Gasteiger partial charge in [0.1, 0.15) is 11.6 Å². The predicted molar refractivity (Wildman–Crippen MR) is 56.9 cm³/mol. The van der Waals surface area contributed by atoms with Gasteiger partial charge in [0.15, 0.2) is 0 Å². The van der Waals surface area contributed by atoms with Crippen LogP contribution in [0.5, 0.6) is 0 Å². The van der Waals surface area contributed by atoms with Crippen molar-refractivity contribution < 1.29 is 8.78 Å². The van der Waals surface area contributed by atoms with Crippen LogP contribution in [0, 0.1) is 47.4 Å². The Balaban J connectivity index is 3.96. The largest absolute Gasteiger partial charge is 0.271 e. The summed E-state index contributed by atoms with van der Waals surface area (Å²) in [4.78, 5) is 5.52. The molecular weight excluding hydrogens is 238 g/mol. The Morgan fingerprint density at radius 3 is 1.50 bits per heavy atom. The fourth-order valence-corrected chi connectivity index (χ4v) is 1.20. The maximum Gasteiger partial charge on any atom is 0.271 e. The van der Waals surface area contributed by atoms with Gasteiger partial charge in [-0.2, -0.15) is 0 Å². The molecule has 1 aromatic rings. The molecule has 0 saturated heterocycles. The van der Waals surface area contributed by atoms with E-state index in [1.54, 1.807) is 0 Å². The molecule has 0 unspecified atom stereocenters. The fourth-order valence-electron chi connectivity index (χ4n) is 1.20. The maximum atomic E-state index is 13.6. The van der Waals surface area contributed by atoms with E-state index in [9.17, 15) is 8.78 Å². The quantitative estimate of drug-likeness (QED) is 0.637. The van der Waals surface area contributed by atoms with E-state index >= 15 is 0 Å². The highest BCUT2D eigenvalue weighted by Gasteiger charge is 2.08. The molecule has 0 atom stereocenters. The lowest BCUT2D eigenvalue weighted by Gasteiger charge is -1.95. The molecule has 0 aliphatic rings. The van der Waals surface area contributed by atoms with Crippen molar-refractivity contribution in [2.24, 2.45) is 0 Å². The van der Waals surface area contributed by atoms with Crippen LogP contribution in [0.4, 0.5) is 8.78 Å². The molecule has 0 saturated carbocycles. The Hall–Kier alpha value is -3.22. The monoisotopic (exact) mass is 240 g/mol. The average molecular weight is 240 g/mol.